The SMILES string of the molecule is O=C(O)CS[C@H]1c2ccccc2C(=O)N1Cc1ccccc1. The maximum Gasteiger partial charge on any atom is 0.313 e. The van der Waals surface area contributed by atoms with Crippen LogP contribution in [0, 0.1) is 0 Å². The lowest BCUT2D eigenvalue weighted by molar-refractivity contribution is -0.133. The quantitative estimate of drug-likeness (QED) is 0.921. The zero-order chi connectivity index (χ0) is 15.5. The molecule has 5 heteroatoms. The van der Waals surface area contributed by atoms with E-state index in [1.54, 1.807) is 11.0 Å². The molecule has 1 atom stereocenters. The van der Waals surface area contributed by atoms with Gasteiger partial charge in [0.2, 0.25) is 0 Å². The van der Waals surface area contributed by atoms with E-state index >= 15 is 0 Å². The van der Waals surface area contributed by atoms with Gasteiger partial charge in [0, 0.05) is 12.1 Å². The second-order valence-corrected chi connectivity index (χ2v) is 6.13. The van der Waals surface area contributed by atoms with Gasteiger partial charge >= 0.3 is 5.97 Å². The predicted molar refractivity (Wildman–Crippen MR) is 85.6 cm³/mol. The number of carbonyl (C=O) groups excluding carboxylic acids is 1. The molecule has 0 aliphatic carbocycles. The third kappa shape index (κ3) is 2.85. The molecule has 2 aromatic rings. The molecule has 0 bridgehead atoms. The van der Waals surface area contributed by atoms with Gasteiger partial charge in [-0.25, -0.2) is 0 Å². The van der Waals surface area contributed by atoms with Gasteiger partial charge in [0.05, 0.1) is 5.75 Å². The highest BCUT2D eigenvalue weighted by molar-refractivity contribution is 8.00. The minimum atomic E-state index is -0.874. The third-order valence-electron chi connectivity index (χ3n) is 3.56. The lowest BCUT2D eigenvalue weighted by Crippen LogP contribution is -2.26. The van der Waals surface area contributed by atoms with Crippen LogP contribution in [-0.4, -0.2) is 27.6 Å². The van der Waals surface area contributed by atoms with E-state index in [4.69, 9.17) is 5.11 Å². The average Bonchev–Trinajstić information content (AvgIpc) is 2.79. The Morgan fingerprint density at radius 3 is 2.50 bits per heavy atom. The van der Waals surface area contributed by atoms with Gasteiger partial charge < -0.3 is 10.0 Å². The first-order valence-corrected chi connectivity index (χ1v) is 7.99. The molecule has 0 unspecified atom stereocenters. The van der Waals surface area contributed by atoms with Gasteiger partial charge in [-0.3, -0.25) is 9.59 Å². The largest absolute Gasteiger partial charge is 0.481 e. The van der Waals surface area contributed by atoms with E-state index in [9.17, 15) is 9.59 Å². The minimum absolute atomic E-state index is 0.0302. The van der Waals surface area contributed by atoms with Crippen LogP contribution in [0.2, 0.25) is 0 Å². The van der Waals surface area contributed by atoms with Crippen molar-refractivity contribution < 1.29 is 14.7 Å². The fourth-order valence-electron chi connectivity index (χ4n) is 2.60. The Morgan fingerprint density at radius 1 is 1.09 bits per heavy atom. The van der Waals surface area contributed by atoms with Gasteiger partial charge in [0.15, 0.2) is 0 Å². The summed E-state index contributed by atoms with van der Waals surface area (Å²) >= 11 is 1.27. The van der Waals surface area contributed by atoms with E-state index in [0.717, 1.165) is 11.1 Å². The molecule has 0 saturated carbocycles. The molecule has 0 fully saturated rings. The molecule has 3 rings (SSSR count). The Labute approximate surface area is 132 Å². The van der Waals surface area contributed by atoms with E-state index in [1.165, 1.54) is 11.8 Å². The third-order valence-corrected chi connectivity index (χ3v) is 4.80. The molecule has 22 heavy (non-hydrogen) atoms. The summed E-state index contributed by atoms with van der Waals surface area (Å²) in [7, 11) is 0. The van der Waals surface area contributed by atoms with E-state index in [0.29, 0.717) is 12.1 Å². The number of carboxylic acid groups (broad SMARTS) is 1. The first-order chi connectivity index (χ1) is 10.7. The van der Waals surface area contributed by atoms with Crippen molar-refractivity contribution in [1.29, 1.82) is 0 Å². The average molecular weight is 313 g/mol. The summed E-state index contributed by atoms with van der Waals surface area (Å²) in [6.45, 7) is 0.478. The van der Waals surface area contributed by atoms with Gasteiger partial charge in [0.1, 0.15) is 5.37 Å². The highest BCUT2D eigenvalue weighted by Gasteiger charge is 2.36. The molecule has 1 aliphatic rings. The van der Waals surface area contributed by atoms with Crippen molar-refractivity contribution in [2.24, 2.45) is 0 Å². The predicted octanol–water partition coefficient (Wildman–Crippen LogP) is 3.16. The summed E-state index contributed by atoms with van der Waals surface area (Å²) in [6.07, 6.45) is 0. The van der Waals surface area contributed by atoms with E-state index < -0.39 is 5.97 Å². The van der Waals surface area contributed by atoms with Crippen molar-refractivity contribution in [3.8, 4) is 0 Å². The van der Waals surface area contributed by atoms with Gasteiger partial charge in [0.25, 0.3) is 5.91 Å². The summed E-state index contributed by atoms with van der Waals surface area (Å²) in [6, 6.07) is 17.2. The smallest absolute Gasteiger partial charge is 0.313 e. The molecule has 1 amide bonds. The standard InChI is InChI=1S/C17H15NO3S/c19-15(20)11-22-17-14-9-5-4-8-13(14)16(21)18(17)10-12-6-2-1-3-7-12/h1-9,17H,10-11H2,(H,19,20)/t17-/m0/s1. The molecule has 1 heterocycles. The first kappa shape index (κ1) is 14.7. The Kier molecular flexibility index (Phi) is 4.15. The van der Waals surface area contributed by atoms with Crippen molar-refractivity contribution in [1.82, 2.24) is 4.90 Å². The number of hydrogen-bond donors (Lipinski definition) is 1. The number of nitrogens with zero attached hydrogens (tertiary/aromatic N) is 1. The molecule has 1 N–H and O–H groups in total. The molecule has 0 aromatic heterocycles. The molecule has 0 spiro atoms. The summed E-state index contributed by atoms with van der Waals surface area (Å²) < 4.78 is 0. The maximum absolute atomic E-state index is 12.6. The van der Waals surface area contributed by atoms with Crippen LogP contribution in [0.1, 0.15) is 26.9 Å². The highest BCUT2D eigenvalue weighted by atomic mass is 32.2. The number of carboxylic acids is 1. The van der Waals surface area contributed by atoms with Crippen molar-refractivity contribution in [3.05, 3.63) is 71.3 Å². The van der Waals surface area contributed by atoms with Crippen LogP contribution in [-0.2, 0) is 11.3 Å². The van der Waals surface area contributed by atoms with Crippen molar-refractivity contribution in [3.63, 3.8) is 0 Å². The van der Waals surface area contributed by atoms with Crippen LogP contribution in [0.3, 0.4) is 0 Å². The van der Waals surface area contributed by atoms with Crippen LogP contribution in [0.4, 0.5) is 0 Å². The zero-order valence-electron chi connectivity index (χ0n) is 11.8. The molecule has 0 saturated heterocycles. The number of aliphatic carboxylic acids is 1. The Hall–Kier alpha value is -2.27. The number of hydrogen-bond acceptors (Lipinski definition) is 3. The summed E-state index contributed by atoms with van der Waals surface area (Å²) in [5, 5.41) is 8.69. The molecule has 112 valence electrons. The Balaban J connectivity index is 1.90. The zero-order valence-corrected chi connectivity index (χ0v) is 12.6. The van der Waals surface area contributed by atoms with Crippen molar-refractivity contribution in [2.75, 3.05) is 5.75 Å². The van der Waals surface area contributed by atoms with Crippen LogP contribution < -0.4 is 0 Å². The molecule has 4 nitrogen and oxygen atoms in total. The van der Waals surface area contributed by atoms with Gasteiger partial charge in [-0.1, -0.05) is 48.5 Å². The van der Waals surface area contributed by atoms with Gasteiger partial charge in [-0.15, -0.1) is 11.8 Å². The Morgan fingerprint density at radius 2 is 1.77 bits per heavy atom. The van der Waals surface area contributed by atoms with Crippen LogP contribution in [0.5, 0.6) is 0 Å². The van der Waals surface area contributed by atoms with Crippen molar-refractivity contribution >= 4 is 23.6 Å². The highest BCUT2D eigenvalue weighted by Crippen LogP contribution is 2.42. The Bertz CT molecular complexity index is 702. The van der Waals surface area contributed by atoms with E-state index in [-0.39, 0.29) is 17.0 Å². The van der Waals surface area contributed by atoms with Gasteiger partial charge in [-0.2, -0.15) is 0 Å². The number of carbonyl (C=O) groups is 2. The van der Waals surface area contributed by atoms with Crippen LogP contribution >= 0.6 is 11.8 Å². The molecule has 1 aliphatic heterocycles. The number of amides is 1. The fourth-order valence-corrected chi connectivity index (χ4v) is 3.64. The molecule has 0 radical (unpaired) electrons. The topological polar surface area (TPSA) is 57.6 Å². The minimum Gasteiger partial charge on any atom is -0.481 e. The lowest BCUT2D eigenvalue weighted by atomic mass is 10.1. The first-order valence-electron chi connectivity index (χ1n) is 6.94. The fraction of sp³-hybridized carbons (Fsp3) is 0.176. The molecular formula is C17H15NO3S. The van der Waals surface area contributed by atoms with Gasteiger partial charge in [-0.05, 0) is 17.2 Å². The monoisotopic (exact) mass is 313 g/mol. The lowest BCUT2D eigenvalue weighted by Gasteiger charge is -2.24. The summed E-state index contributed by atoms with van der Waals surface area (Å²) in [5.41, 5.74) is 2.60. The molecule has 2 aromatic carbocycles. The normalized spacial score (nSPS) is 16.6. The maximum atomic E-state index is 12.6. The van der Waals surface area contributed by atoms with E-state index in [1.807, 2.05) is 48.5 Å². The molecular weight excluding hydrogens is 298 g/mol. The second-order valence-electron chi connectivity index (χ2n) is 5.06. The summed E-state index contributed by atoms with van der Waals surface area (Å²) in [5.74, 6) is -0.943. The number of thioether (sulfide) groups is 1. The van der Waals surface area contributed by atoms with Crippen LogP contribution in [0.25, 0.3) is 0 Å². The number of fused-ring (bicyclic) bond motifs is 1. The van der Waals surface area contributed by atoms with E-state index in [2.05, 4.69) is 0 Å². The van der Waals surface area contributed by atoms with Crippen molar-refractivity contribution in [2.45, 2.75) is 11.9 Å². The number of rotatable bonds is 5. The summed E-state index contributed by atoms with van der Waals surface area (Å²) in [4.78, 5) is 25.3. The number of benzene rings is 2. The second kappa shape index (κ2) is 6.23. The van der Waals surface area contributed by atoms with Crippen LogP contribution in [0.15, 0.2) is 54.6 Å².